The zero-order valence-corrected chi connectivity index (χ0v) is 18.5. The van der Waals surface area contributed by atoms with Crippen LogP contribution in [0.2, 0.25) is 0 Å². The van der Waals surface area contributed by atoms with E-state index in [1.165, 1.54) is 16.9 Å². The van der Waals surface area contributed by atoms with Crippen LogP contribution in [-0.2, 0) is 22.7 Å². The third-order valence-corrected chi connectivity index (χ3v) is 5.84. The topological polar surface area (TPSA) is 67.9 Å². The Kier molecular flexibility index (Phi) is 6.86. The molecule has 5 nitrogen and oxygen atoms in total. The molecule has 3 rings (SSSR count). The quantitative estimate of drug-likeness (QED) is 0.284. The van der Waals surface area contributed by atoms with Gasteiger partial charge in [-0.15, -0.1) is 11.3 Å². The molecule has 3 aromatic rings. The third kappa shape index (κ3) is 4.87. The van der Waals surface area contributed by atoms with E-state index in [2.05, 4.69) is 16.5 Å². The highest BCUT2D eigenvalue weighted by molar-refractivity contribution is 7.13. The fraction of sp³-hybridized carbons (Fsp3) is 0.292. The van der Waals surface area contributed by atoms with Crippen LogP contribution in [0.4, 0.5) is 0 Å². The van der Waals surface area contributed by atoms with Gasteiger partial charge in [0.1, 0.15) is 23.3 Å². The molecule has 0 saturated carbocycles. The number of hydrogen-bond donors (Lipinski definition) is 0. The Bertz CT molecular complexity index is 1110. The Hall–Kier alpha value is -3.17. The average molecular weight is 420 g/mol. The molecule has 0 spiro atoms. The number of esters is 1. The lowest BCUT2D eigenvalue weighted by atomic mass is 10.1. The first-order valence-corrected chi connectivity index (χ1v) is 10.8. The van der Waals surface area contributed by atoms with Gasteiger partial charge in [0.2, 0.25) is 0 Å². The Balaban J connectivity index is 1.69. The zero-order chi connectivity index (χ0) is 21.7. The van der Waals surface area contributed by atoms with Crippen molar-refractivity contribution >= 4 is 23.4 Å². The van der Waals surface area contributed by atoms with Gasteiger partial charge in [0.05, 0.1) is 5.69 Å². The van der Waals surface area contributed by atoms with Crippen LogP contribution in [-0.4, -0.2) is 15.5 Å². The Morgan fingerprint density at radius 3 is 2.67 bits per heavy atom. The summed E-state index contributed by atoms with van der Waals surface area (Å²) < 4.78 is 7.54. The van der Waals surface area contributed by atoms with Crippen LogP contribution < -0.4 is 0 Å². The summed E-state index contributed by atoms with van der Waals surface area (Å²) in [5.74, 6) is -0.636. The highest BCUT2D eigenvalue weighted by Gasteiger charge is 2.15. The maximum Gasteiger partial charge on any atom is 0.349 e. The summed E-state index contributed by atoms with van der Waals surface area (Å²) >= 11 is 1.50. The molecule has 0 N–H and O–H groups in total. The Morgan fingerprint density at radius 1 is 1.27 bits per heavy atom. The van der Waals surface area contributed by atoms with Crippen molar-refractivity contribution in [1.82, 2.24) is 9.55 Å². The molecule has 0 amide bonds. The molecule has 0 bridgehead atoms. The second kappa shape index (κ2) is 9.55. The summed E-state index contributed by atoms with van der Waals surface area (Å²) in [6, 6.07) is 12.1. The Labute approximate surface area is 181 Å². The number of carbonyl (C=O) groups excluding carboxylic acids is 1. The molecule has 0 aliphatic heterocycles. The normalized spacial score (nSPS) is 11.4. The largest absolute Gasteiger partial charge is 0.455 e. The number of aryl methyl sites for hydroxylation is 2. The van der Waals surface area contributed by atoms with Gasteiger partial charge in [-0.1, -0.05) is 36.8 Å². The number of benzene rings is 1. The summed E-state index contributed by atoms with van der Waals surface area (Å²) in [6.07, 6.45) is 2.63. The van der Waals surface area contributed by atoms with E-state index in [1.807, 2.05) is 62.6 Å². The van der Waals surface area contributed by atoms with Crippen molar-refractivity contribution < 1.29 is 9.53 Å². The lowest BCUT2D eigenvalue weighted by Crippen LogP contribution is -2.07. The van der Waals surface area contributed by atoms with E-state index in [4.69, 9.17) is 4.74 Å². The second-order valence-electron chi connectivity index (χ2n) is 7.23. The van der Waals surface area contributed by atoms with E-state index < -0.39 is 5.97 Å². The highest BCUT2D eigenvalue weighted by atomic mass is 32.1. The zero-order valence-electron chi connectivity index (χ0n) is 17.7. The number of thiazole rings is 1. The standard InChI is InChI=1S/C24H25N3O2S/c1-5-10-27-17(3)11-20(18(27)4)12-21(13-25)24(28)29-14-22-15-30-23(26-22)19-8-6-16(2)7-9-19/h6-9,11-12,15H,5,10,14H2,1-4H3/b21-12+. The number of rotatable bonds is 7. The van der Waals surface area contributed by atoms with Gasteiger partial charge in [0.25, 0.3) is 0 Å². The summed E-state index contributed by atoms with van der Waals surface area (Å²) in [5, 5.41) is 12.2. The number of nitrogens with zero attached hydrogens (tertiary/aromatic N) is 3. The molecule has 30 heavy (non-hydrogen) atoms. The number of carbonyl (C=O) groups is 1. The molecule has 0 radical (unpaired) electrons. The molecule has 6 heteroatoms. The van der Waals surface area contributed by atoms with Crippen molar-refractivity contribution in [3.63, 3.8) is 0 Å². The van der Waals surface area contributed by atoms with Gasteiger partial charge in [0.15, 0.2) is 0 Å². The van der Waals surface area contributed by atoms with Crippen LogP contribution in [0.15, 0.2) is 41.3 Å². The molecule has 0 saturated heterocycles. The lowest BCUT2D eigenvalue weighted by Gasteiger charge is -2.07. The summed E-state index contributed by atoms with van der Waals surface area (Å²) in [5.41, 5.74) is 5.89. The van der Waals surface area contributed by atoms with Crippen molar-refractivity contribution in [1.29, 1.82) is 5.26 Å². The van der Waals surface area contributed by atoms with E-state index in [-0.39, 0.29) is 12.2 Å². The van der Waals surface area contributed by atoms with Gasteiger partial charge in [-0.05, 0) is 44.9 Å². The van der Waals surface area contributed by atoms with E-state index >= 15 is 0 Å². The molecule has 0 fully saturated rings. The van der Waals surface area contributed by atoms with Crippen molar-refractivity contribution in [3.8, 4) is 16.6 Å². The van der Waals surface area contributed by atoms with Crippen LogP contribution in [0.5, 0.6) is 0 Å². The van der Waals surface area contributed by atoms with E-state index in [0.717, 1.165) is 40.5 Å². The molecule has 0 aliphatic rings. The smallest absolute Gasteiger partial charge is 0.349 e. The monoisotopic (exact) mass is 419 g/mol. The summed E-state index contributed by atoms with van der Waals surface area (Å²) in [7, 11) is 0. The molecule has 0 atom stereocenters. The van der Waals surface area contributed by atoms with Gasteiger partial charge in [-0.2, -0.15) is 5.26 Å². The molecular weight excluding hydrogens is 394 g/mol. The van der Waals surface area contributed by atoms with Gasteiger partial charge in [-0.3, -0.25) is 0 Å². The fourth-order valence-electron chi connectivity index (χ4n) is 3.25. The molecular formula is C24H25N3O2S. The first kappa shape index (κ1) is 21.5. The minimum Gasteiger partial charge on any atom is -0.455 e. The van der Waals surface area contributed by atoms with Crippen molar-refractivity contribution in [2.75, 3.05) is 0 Å². The number of ether oxygens (including phenoxy) is 1. The minimum atomic E-state index is -0.636. The Morgan fingerprint density at radius 2 is 2.00 bits per heavy atom. The fourth-order valence-corrected chi connectivity index (χ4v) is 4.06. The number of hydrogen-bond acceptors (Lipinski definition) is 5. The average Bonchev–Trinajstić information content (AvgIpc) is 3.31. The maximum absolute atomic E-state index is 12.5. The first-order chi connectivity index (χ1) is 14.4. The molecule has 2 heterocycles. The molecule has 0 unspecified atom stereocenters. The third-order valence-electron chi connectivity index (χ3n) is 4.90. The van der Waals surface area contributed by atoms with Crippen LogP contribution in [0.25, 0.3) is 16.6 Å². The summed E-state index contributed by atoms with van der Waals surface area (Å²) in [6.45, 7) is 9.13. The van der Waals surface area contributed by atoms with E-state index in [1.54, 1.807) is 6.08 Å². The van der Waals surface area contributed by atoms with Crippen molar-refractivity contribution in [2.24, 2.45) is 0 Å². The SMILES string of the molecule is CCCn1c(C)cc(/C=C(\C#N)C(=O)OCc2csc(-c3ccc(C)cc3)n2)c1C. The van der Waals surface area contributed by atoms with Gasteiger partial charge < -0.3 is 9.30 Å². The molecule has 1 aromatic carbocycles. The van der Waals surface area contributed by atoms with Gasteiger partial charge in [0, 0.05) is 28.9 Å². The lowest BCUT2D eigenvalue weighted by molar-refractivity contribution is -0.139. The first-order valence-electron chi connectivity index (χ1n) is 9.90. The van der Waals surface area contributed by atoms with Gasteiger partial charge in [-0.25, -0.2) is 9.78 Å². The van der Waals surface area contributed by atoms with Gasteiger partial charge >= 0.3 is 5.97 Å². The minimum absolute atomic E-state index is 0.0132. The predicted molar refractivity (Wildman–Crippen MR) is 120 cm³/mol. The van der Waals surface area contributed by atoms with E-state index in [9.17, 15) is 10.1 Å². The molecule has 0 aliphatic carbocycles. The van der Waals surface area contributed by atoms with Crippen LogP contribution in [0.3, 0.4) is 0 Å². The summed E-state index contributed by atoms with van der Waals surface area (Å²) in [4.78, 5) is 17.0. The maximum atomic E-state index is 12.5. The second-order valence-corrected chi connectivity index (χ2v) is 8.09. The van der Waals surface area contributed by atoms with Crippen LogP contribution >= 0.6 is 11.3 Å². The van der Waals surface area contributed by atoms with Crippen LogP contribution in [0, 0.1) is 32.1 Å². The van der Waals surface area contributed by atoms with Crippen molar-refractivity contribution in [3.05, 3.63) is 69.5 Å². The highest BCUT2D eigenvalue weighted by Crippen LogP contribution is 2.24. The predicted octanol–water partition coefficient (Wildman–Crippen LogP) is 5.60. The molecule has 154 valence electrons. The number of nitriles is 1. The van der Waals surface area contributed by atoms with E-state index in [0.29, 0.717) is 5.69 Å². The van der Waals surface area contributed by atoms with Crippen LogP contribution in [0.1, 0.15) is 41.6 Å². The van der Waals surface area contributed by atoms with Crippen molar-refractivity contribution in [2.45, 2.75) is 47.3 Å². The molecule has 2 aromatic heterocycles. The number of aromatic nitrogens is 2.